The molecule has 2 nitrogen and oxygen atoms in total. The van der Waals surface area contributed by atoms with Gasteiger partial charge < -0.3 is 4.74 Å². The van der Waals surface area contributed by atoms with Crippen molar-refractivity contribution < 1.29 is 9.53 Å². The van der Waals surface area contributed by atoms with E-state index in [1.165, 1.54) is 0 Å². The van der Waals surface area contributed by atoms with Gasteiger partial charge in [-0.05, 0) is 32.9 Å². The van der Waals surface area contributed by atoms with Crippen LogP contribution in [-0.2, 0) is 9.53 Å². The summed E-state index contributed by atoms with van der Waals surface area (Å²) in [6.07, 6.45) is 5.41. The average molecular weight is 200 g/mol. The minimum atomic E-state index is -0.313. The molecule has 0 unspecified atom stereocenters. The van der Waals surface area contributed by atoms with Gasteiger partial charge in [-0.1, -0.05) is 0 Å². The van der Waals surface area contributed by atoms with E-state index < -0.39 is 0 Å². The van der Waals surface area contributed by atoms with Gasteiger partial charge in [-0.2, -0.15) is 11.8 Å². The van der Waals surface area contributed by atoms with Gasteiger partial charge in [-0.25, -0.2) is 0 Å². The number of allylic oxidation sites excluding steroid dienone is 1. The van der Waals surface area contributed by atoms with E-state index in [1.807, 2.05) is 20.1 Å². The molecule has 0 fully saturated rings. The van der Waals surface area contributed by atoms with E-state index in [0.717, 1.165) is 25.0 Å². The normalized spacial score (nSPS) is 17.6. The molecule has 3 heteroatoms. The van der Waals surface area contributed by atoms with Crippen LogP contribution in [0.25, 0.3) is 0 Å². The Hall–Kier alpha value is -0.440. The van der Waals surface area contributed by atoms with Gasteiger partial charge in [-0.15, -0.1) is 0 Å². The number of ether oxygens (including phenoxy) is 1. The van der Waals surface area contributed by atoms with Crippen LogP contribution in [0.4, 0.5) is 0 Å². The lowest BCUT2D eigenvalue weighted by molar-refractivity contribution is -0.117. The Morgan fingerprint density at radius 2 is 2.31 bits per heavy atom. The summed E-state index contributed by atoms with van der Waals surface area (Å²) in [6.45, 7) is 4.65. The molecular weight excluding hydrogens is 184 g/mol. The van der Waals surface area contributed by atoms with Crippen molar-refractivity contribution in [2.24, 2.45) is 0 Å². The highest BCUT2D eigenvalue weighted by molar-refractivity contribution is 8.00. The van der Waals surface area contributed by atoms with Crippen LogP contribution in [0.1, 0.15) is 26.7 Å². The number of thioether (sulfide) groups is 1. The molecule has 0 radical (unpaired) electrons. The van der Waals surface area contributed by atoms with Gasteiger partial charge in [-0.3, -0.25) is 4.79 Å². The standard InChI is InChI=1S/C10H16O2S/c1-10(2,13-3)9(11)8-5-4-6-12-7-8/h7H,4-6H2,1-3H3. The first-order chi connectivity index (χ1) is 6.08. The summed E-state index contributed by atoms with van der Waals surface area (Å²) in [7, 11) is 0. The molecule has 74 valence electrons. The lowest BCUT2D eigenvalue weighted by Gasteiger charge is -2.23. The number of carbonyl (C=O) groups is 1. The molecule has 0 N–H and O–H groups in total. The van der Waals surface area contributed by atoms with Gasteiger partial charge in [0.1, 0.15) is 0 Å². The third-order valence-corrected chi connectivity index (χ3v) is 3.49. The third-order valence-electron chi connectivity index (χ3n) is 2.28. The van der Waals surface area contributed by atoms with Gasteiger partial charge in [0.2, 0.25) is 0 Å². The van der Waals surface area contributed by atoms with Crippen molar-refractivity contribution in [3.05, 3.63) is 11.8 Å². The smallest absolute Gasteiger partial charge is 0.177 e. The SMILES string of the molecule is CSC(C)(C)C(=O)C1=COCCC1. The zero-order valence-electron chi connectivity index (χ0n) is 8.42. The second kappa shape index (κ2) is 4.18. The van der Waals surface area contributed by atoms with Crippen LogP contribution >= 0.6 is 11.8 Å². The molecule has 0 atom stereocenters. The largest absolute Gasteiger partial charge is 0.501 e. The van der Waals surface area contributed by atoms with Crippen LogP contribution in [0.2, 0.25) is 0 Å². The van der Waals surface area contributed by atoms with E-state index in [-0.39, 0.29) is 10.5 Å². The molecule has 0 bridgehead atoms. The van der Waals surface area contributed by atoms with Crippen molar-refractivity contribution in [1.82, 2.24) is 0 Å². The van der Waals surface area contributed by atoms with E-state index >= 15 is 0 Å². The second-order valence-electron chi connectivity index (χ2n) is 3.66. The van der Waals surface area contributed by atoms with Crippen LogP contribution in [-0.4, -0.2) is 23.4 Å². The summed E-state index contributed by atoms with van der Waals surface area (Å²) in [4.78, 5) is 11.9. The molecule has 0 aromatic heterocycles. The van der Waals surface area contributed by atoms with Crippen molar-refractivity contribution in [1.29, 1.82) is 0 Å². The van der Waals surface area contributed by atoms with Crippen LogP contribution in [0.15, 0.2) is 11.8 Å². The molecule has 1 aliphatic rings. The summed E-state index contributed by atoms with van der Waals surface area (Å²) >= 11 is 1.58. The fraction of sp³-hybridized carbons (Fsp3) is 0.700. The highest BCUT2D eigenvalue weighted by Gasteiger charge is 2.29. The summed E-state index contributed by atoms with van der Waals surface area (Å²) in [6, 6.07) is 0. The number of Topliss-reactive ketones (excluding diaryl/α,β-unsaturated/α-hetero) is 1. The predicted octanol–water partition coefficient (Wildman–Crippen LogP) is 2.39. The Bertz CT molecular complexity index is 231. The Kier molecular flexibility index (Phi) is 3.42. The number of rotatable bonds is 3. The topological polar surface area (TPSA) is 26.3 Å². The van der Waals surface area contributed by atoms with Gasteiger partial charge in [0.05, 0.1) is 17.6 Å². The highest BCUT2D eigenvalue weighted by Crippen LogP contribution is 2.28. The van der Waals surface area contributed by atoms with E-state index in [0.29, 0.717) is 0 Å². The maximum Gasteiger partial charge on any atom is 0.177 e. The third kappa shape index (κ3) is 2.50. The van der Waals surface area contributed by atoms with Crippen LogP contribution in [0.5, 0.6) is 0 Å². The molecule has 0 spiro atoms. The van der Waals surface area contributed by atoms with Crippen molar-refractivity contribution in [2.45, 2.75) is 31.4 Å². The van der Waals surface area contributed by atoms with Crippen molar-refractivity contribution >= 4 is 17.5 Å². The van der Waals surface area contributed by atoms with E-state index in [9.17, 15) is 4.79 Å². The fourth-order valence-electron chi connectivity index (χ4n) is 1.21. The molecule has 1 heterocycles. The zero-order chi connectivity index (χ0) is 9.90. The predicted molar refractivity (Wildman–Crippen MR) is 55.9 cm³/mol. The van der Waals surface area contributed by atoms with Crippen LogP contribution in [0, 0.1) is 0 Å². The first-order valence-corrected chi connectivity index (χ1v) is 5.71. The summed E-state index contributed by atoms with van der Waals surface area (Å²) in [5, 5.41) is 0. The Morgan fingerprint density at radius 3 is 2.77 bits per heavy atom. The van der Waals surface area contributed by atoms with Crippen LogP contribution < -0.4 is 0 Å². The van der Waals surface area contributed by atoms with E-state index in [1.54, 1.807) is 18.0 Å². The lowest BCUT2D eigenvalue weighted by Crippen LogP contribution is -2.30. The second-order valence-corrected chi connectivity index (χ2v) is 5.09. The quantitative estimate of drug-likeness (QED) is 0.699. The zero-order valence-corrected chi connectivity index (χ0v) is 9.24. The van der Waals surface area contributed by atoms with E-state index in [2.05, 4.69) is 0 Å². The maximum absolute atomic E-state index is 11.9. The average Bonchev–Trinajstić information content (AvgIpc) is 2.18. The maximum atomic E-state index is 11.9. The van der Waals surface area contributed by atoms with Gasteiger partial charge in [0.15, 0.2) is 5.78 Å². The Balaban J connectivity index is 2.71. The molecular formula is C10H16O2S. The minimum Gasteiger partial charge on any atom is -0.501 e. The van der Waals surface area contributed by atoms with Crippen molar-refractivity contribution in [3.8, 4) is 0 Å². The van der Waals surface area contributed by atoms with Gasteiger partial charge >= 0.3 is 0 Å². The highest BCUT2D eigenvalue weighted by atomic mass is 32.2. The number of hydrogen-bond donors (Lipinski definition) is 0. The fourth-order valence-corrected chi connectivity index (χ4v) is 1.53. The Morgan fingerprint density at radius 1 is 1.62 bits per heavy atom. The summed E-state index contributed by atoms with van der Waals surface area (Å²) in [5.74, 6) is 0.208. The molecule has 0 amide bonds. The summed E-state index contributed by atoms with van der Waals surface area (Å²) < 4.78 is 4.84. The molecule has 0 saturated heterocycles. The van der Waals surface area contributed by atoms with Crippen molar-refractivity contribution in [2.75, 3.05) is 12.9 Å². The lowest BCUT2D eigenvalue weighted by atomic mass is 9.97. The monoisotopic (exact) mass is 200 g/mol. The molecule has 0 aromatic carbocycles. The number of ketones is 1. The molecule has 0 aliphatic carbocycles. The summed E-state index contributed by atoms with van der Waals surface area (Å²) in [5.41, 5.74) is 0.839. The van der Waals surface area contributed by atoms with Gasteiger partial charge in [0.25, 0.3) is 0 Å². The van der Waals surface area contributed by atoms with Crippen LogP contribution in [0.3, 0.4) is 0 Å². The van der Waals surface area contributed by atoms with E-state index in [4.69, 9.17) is 4.74 Å². The van der Waals surface area contributed by atoms with Gasteiger partial charge in [0, 0.05) is 5.57 Å². The molecule has 0 saturated carbocycles. The molecule has 1 aliphatic heterocycles. The first kappa shape index (κ1) is 10.6. The Labute approximate surface area is 83.7 Å². The molecule has 1 rings (SSSR count). The molecule has 0 aromatic rings. The first-order valence-electron chi connectivity index (χ1n) is 4.48. The van der Waals surface area contributed by atoms with Crippen molar-refractivity contribution in [3.63, 3.8) is 0 Å². The number of carbonyl (C=O) groups excluding carboxylic acids is 1. The number of hydrogen-bond acceptors (Lipinski definition) is 3. The minimum absolute atomic E-state index is 0.208. The molecule has 13 heavy (non-hydrogen) atoms.